The molecule has 6 aliphatic carbocycles. The third kappa shape index (κ3) is 0.536. The van der Waals surface area contributed by atoms with E-state index in [0.29, 0.717) is 35.5 Å². The van der Waals surface area contributed by atoms with Gasteiger partial charge < -0.3 is 9.47 Å². The van der Waals surface area contributed by atoms with Gasteiger partial charge in [0.05, 0.1) is 35.2 Å². The minimum atomic E-state index is -0.418. The Hall–Kier alpha value is -0.740. The molecule has 12 atom stereocenters. The molecule has 4 heteroatoms. The van der Waals surface area contributed by atoms with Gasteiger partial charge in [-0.3, -0.25) is 9.59 Å². The first-order chi connectivity index (χ1) is 9.59. The van der Waals surface area contributed by atoms with E-state index >= 15 is 0 Å². The zero-order valence-electron chi connectivity index (χ0n) is 11.4. The molecule has 2 saturated heterocycles. The summed E-state index contributed by atoms with van der Waals surface area (Å²) in [6.45, 7) is 3.46. The van der Waals surface area contributed by atoms with Gasteiger partial charge in [0, 0.05) is 23.7 Å². The topological polar surface area (TPSA) is 59.2 Å². The van der Waals surface area contributed by atoms with Crippen LogP contribution in [0.5, 0.6) is 0 Å². The number of Topliss-reactive ketones (excluding diaryl/α,β-unsaturated/α-hetero) is 2. The molecular formula is C16H16O4. The zero-order chi connectivity index (χ0) is 13.3. The number of fused-ring (bicyclic) bond motifs is 2. The number of ketones is 2. The molecule has 4 nitrogen and oxygen atoms in total. The van der Waals surface area contributed by atoms with Gasteiger partial charge in [-0.15, -0.1) is 0 Å². The Bertz CT molecular complexity index is 565. The molecule has 0 N–H and O–H groups in total. The predicted octanol–water partition coefficient (Wildman–Crippen LogP) is 0.437. The number of hydrogen-bond donors (Lipinski definition) is 0. The molecule has 2 aliphatic heterocycles. The molecule has 0 amide bonds. The van der Waals surface area contributed by atoms with Crippen molar-refractivity contribution in [2.24, 2.45) is 46.3 Å². The molecule has 104 valence electrons. The SMILES string of the molecule is CC(=O)C12[C@@H]3C4C5[C@H]([C@H]6O[C@@H]6[C@H]51)C2(C(C)=O)[C@@H]4[C@H]1O[C@@H]13. The smallest absolute Gasteiger partial charge is 0.137 e. The lowest BCUT2D eigenvalue weighted by Gasteiger charge is -2.50. The molecular weight excluding hydrogens is 256 g/mol. The van der Waals surface area contributed by atoms with Gasteiger partial charge >= 0.3 is 0 Å². The highest BCUT2D eigenvalue weighted by molar-refractivity contribution is 5.99. The maximum atomic E-state index is 12.8. The Morgan fingerprint density at radius 1 is 0.700 bits per heavy atom. The number of rotatable bonds is 2. The van der Waals surface area contributed by atoms with Crippen LogP contribution in [0.15, 0.2) is 0 Å². The minimum absolute atomic E-state index is 0.253. The van der Waals surface area contributed by atoms with Gasteiger partial charge in [0.25, 0.3) is 0 Å². The second kappa shape index (κ2) is 2.24. The van der Waals surface area contributed by atoms with Gasteiger partial charge in [-0.25, -0.2) is 0 Å². The highest BCUT2D eigenvalue weighted by atomic mass is 16.6. The third-order valence-corrected chi connectivity index (χ3v) is 8.59. The predicted molar refractivity (Wildman–Crippen MR) is 64.5 cm³/mol. The Morgan fingerprint density at radius 2 is 1.00 bits per heavy atom. The van der Waals surface area contributed by atoms with Crippen LogP contribution in [0, 0.1) is 46.3 Å². The fourth-order valence-corrected chi connectivity index (χ4v) is 9.03. The number of hydrogen-bond acceptors (Lipinski definition) is 4. The normalized spacial score (nSPS) is 77.9. The van der Waals surface area contributed by atoms with E-state index in [9.17, 15) is 9.59 Å². The van der Waals surface area contributed by atoms with Gasteiger partial charge in [-0.05, 0) is 25.7 Å². The van der Waals surface area contributed by atoms with Gasteiger partial charge in [0.2, 0.25) is 0 Å². The van der Waals surface area contributed by atoms with Crippen LogP contribution in [0.2, 0.25) is 0 Å². The number of ether oxygens (including phenoxy) is 2. The average molecular weight is 272 g/mol. The van der Waals surface area contributed by atoms with E-state index in [1.165, 1.54) is 0 Å². The maximum absolute atomic E-state index is 12.8. The summed E-state index contributed by atoms with van der Waals surface area (Å²) in [6.07, 6.45) is 1.13. The van der Waals surface area contributed by atoms with Crippen molar-refractivity contribution in [3.63, 3.8) is 0 Å². The van der Waals surface area contributed by atoms with Crippen LogP contribution in [0.25, 0.3) is 0 Å². The zero-order valence-corrected chi connectivity index (χ0v) is 11.4. The molecule has 8 rings (SSSR count). The quantitative estimate of drug-likeness (QED) is 0.684. The van der Waals surface area contributed by atoms with Crippen molar-refractivity contribution in [1.29, 1.82) is 0 Å². The van der Waals surface area contributed by atoms with E-state index in [1.807, 2.05) is 0 Å². The lowest BCUT2D eigenvalue weighted by molar-refractivity contribution is -0.158. The largest absolute Gasteiger partial charge is 0.369 e. The maximum Gasteiger partial charge on any atom is 0.137 e. The fraction of sp³-hybridized carbons (Fsp3) is 0.875. The van der Waals surface area contributed by atoms with E-state index in [-0.39, 0.29) is 36.0 Å². The van der Waals surface area contributed by atoms with E-state index in [4.69, 9.17) is 9.47 Å². The standard InChI is InChI=1S/C16H16O4/c1-3(17)15-7-5-6-8(15)12-14(20-12)10(6)16(15,4(2)18)9(5)13-11(7)19-13/h5-14H,1-2H3/t5?,6?,7-,8+,9+,10-,11-,12-,13-,14-,15?,16?/m1/s1. The van der Waals surface area contributed by atoms with E-state index in [2.05, 4.69) is 0 Å². The molecule has 8 bridgehead atoms. The van der Waals surface area contributed by atoms with Crippen molar-refractivity contribution < 1.29 is 19.1 Å². The van der Waals surface area contributed by atoms with Crippen molar-refractivity contribution in [3.8, 4) is 0 Å². The van der Waals surface area contributed by atoms with Crippen LogP contribution in [0.1, 0.15) is 13.8 Å². The van der Waals surface area contributed by atoms with Gasteiger partial charge in [-0.1, -0.05) is 0 Å². The lowest BCUT2D eigenvalue weighted by atomic mass is 9.47. The first-order valence-corrected chi connectivity index (χ1v) is 7.92. The molecule has 20 heavy (non-hydrogen) atoms. The molecule has 8 fully saturated rings. The van der Waals surface area contributed by atoms with Crippen LogP contribution in [0.3, 0.4) is 0 Å². The molecule has 0 spiro atoms. The molecule has 0 aromatic rings. The highest BCUT2D eigenvalue weighted by Gasteiger charge is 3.03. The van der Waals surface area contributed by atoms with Crippen LogP contribution in [0.4, 0.5) is 0 Å². The van der Waals surface area contributed by atoms with E-state index in [0.717, 1.165) is 0 Å². The van der Waals surface area contributed by atoms with Gasteiger partial charge in [0.15, 0.2) is 0 Å². The van der Waals surface area contributed by atoms with E-state index in [1.54, 1.807) is 13.8 Å². The number of carbonyl (C=O) groups is 2. The van der Waals surface area contributed by atoms with Crippen molar-refractivity contribution in [1.82, 2.24) is 0 Å². The second-order valence-electron chi connectivity index (χ2n) is 8.24. The minimum Gasteiger partial charge on any atom is -0.369 e. The number of epoxide rings is 2. The molecule has 0 radical (unpaired) electrons. The number of carbonyl (C=O) groups excluding carboxylic acids is 2. The summed E-state index contributed by atoms with van der Waals surface area (Å²) in [4.78, 5) is 25.6. The summed E-state index contributed by atoms with van der Waals surface area (Å²) >= 11 is 0. The molecule has 8 aliphatic rings. The summed E-state index contributed by atoms with van der Waals surface area (Å²) < 4.78 is 11.8. The summed E-state index contributed by atoms with van der Waals surface area (Å²) in [7, 11) is 0. The van der Waals surface area contributed by atoms with Gasteiger partial charge in [-0.2, -0.15) is 0 Å². The lowest BCUT2D eigenvalue weighted by Crippen LogP contribution is -2.61. The molecule has 6 saturated carbocycles. The summed E-state index contributed by atoms with van der Waals surface area (Å²) in [5, 5.41) is 0. The van der Waals surface area contributed by atoms with Crippen molar-refractivity contribution >= 4 is 11.6 Å². The van der Waals surface area contributed by atoms with Crippen LogP contribution in [-0.4, -0.2) is 36.0 Å². The molecule has 0 aromatic carbocycles. The molecule has 4 unspecified atom stereocenters. The van der Waals surface area contributed by atoms with E-state index < -0.39 is 10.8 Å². The molecule has 2 heterocycles. The van der Waals surface area contributed by atoms with Crippen molar-refractivity contribution in [2.45, 2.75) is 38.3 Å². The Balaban J connectivity index is 1.64. The van der Waals surface area contributed by atoms with Crippen molar-refractivity contribution in [2.75, 3.05) is 0 Å². The van der Waals surface area contributed by atoms with Crippen molar-refractivity contribution in [3.05, 3.63) is 0 Å². The summed E-state index contributed by atoms with van der Waals surface area (Å²) in [6, 6.07) is 0. The Morgan fingerprint density at radius 3 is 1.25 bits per heavy atom. The first kappa shape index (κ1) is 10.1. The first-order valence-electron chi connectivity index (χ1n) is 7.92. The van der Waals surface area contributed by atoms with Crippen LogP contribution >= 0.6 is 0 Å². The molecule has 0 aromatic heterocycles. The fourth-order valence-electron chi connectivity index (χ4n) is 9.03. The summed E-state index contributed by atoms with van der Waals surface area (Å²) in [5.41, 5.74) is -0.836. The van der Waals surface area contributed by atoms with Gasteiger partial charge in [0.1, 0.15) is 11.6 Å². The monoisotopic (exact) mass is 272 g/mol. The second-order valence-corrected chi connectivity index (χ2v) is 8.24. The third-order valence-electron chi connectivity index (χ3n) is 8.59. The van der Waals surface area contributed by atoms with Crippen LogP contribution in [-0.2, 0) is 19.1 Å². The highest BCUT2D eigenvalue weighted by Crippen LogP contribution is 2.97. The Labute approximate surface area is 116 Å². The average Bonchev–Trinajstić information content (AvgIpc) is 3.17. The summed E-state index contributed by atoms with van der Waals surface area (Å²) in [5.74, 6) is 2.98. The Kier molecular flexibility index (Phi) is 1.13. The van der Waals surface area contributed by atoms with Crippen LogP contribution < -0.4 is 0 Å².